The summed E-state index contributed by atoms with van der Waals surface area (Å²) in [6, 6.07) is 3.44. The molecule has 94 valence electrons. The second-order valence-electron chi connectivity index (χ2n) is 3.72. The molecule has 0 saturated carbocycles. The maximum Gasteiger partial charge on any atom is 0.185 e. The van der Waals surface area contributed by atoms with E-state index in [1.807, 2.05) is 0 Å². The maximum atomic E-state index is 11.0. The third-order valence-electron chi connectivity index (χ3n) is 2.36. The van der Waals surface area contributed by atoms with E-state index in [2.05, 4.69) is 22.2 Å². The molecule has 3 N–H and O–H groups in total. The number of nitrogens with two attached hydrogens (primary N) is 1. The van der Waals surface area contributed by atoms with Gasteiger partial charge in [-0.25, -0.2) is 4.98 Å². The van der Waals surface area contributed by atoms with Crippen LogP contribution in [-0.4, -0.2) is 22.8 Å². The molecule has 0 aliphatic heterocycles. The second-order valence-corrected chi connectivity index (χ2v) is 4.72. The second kappa shape index (κ2) is 5.59. The summed E-state index contributed by atoms with van der Waals surface area (Å²) >= 11 is 1.41. The van der Waals surface area contributed by atoms with Crippen LogP contribution in [0.1, 0.15) is 23.7 Å². The Morgan fingerprint density at radius 2 is 2.39 bits per heavy atom. The lowest BCUT2D eigenvalue weighted by Crippen LogP contribution is -1.98. The van der Waals surface area contributed by atoms with Crippen LogP contribution in [-0.2, 0) is 0 Å². The molecule has 6 heteroatoms. The Balaban J connectivity index is 2.38. The largest absolute Gasteiger partial charge is 0.382 e. The van der Waals surface area contributed by atoms with Gasteiger partial charge in [0.15, 0.2) is 11.4 Å². The Labute approximate surface area is 109 Å². The number of rotatable bonds is 5. The van der Waals surface area contributed by atoms with Gasteiger partial charge in [0.05, 0.1) is 10.6 Å². The minimum atomic E-state index is 0.403. The van der Waals surface area contributed by atoms with Crippen LogP contribution in [0.25, 0.3) is 10.6 Å². The quantitative estimate of drug-likeness (QED) is 0.809. The number of hydrogen-bond acceptors (Lipinski definition) is 6. The van der Waals surface area contributed by atoms with Gasteiger partial charge in [0.1, 0.15) is 5.82 Å². The molecule has 0 atom stereocenters. The fourth-order valence-corrected chi connectivity index (χ4v) is 2.44. The predicted octanol–water partition coefficient (Wildman–Crippen LogP) is 2.42. The fourth-order valence-electron chi connectivity index (χ4n) is 1.51. The van der Waals surface area contributed by atoms with E-state index < -0.39 is 0 Å². The van der Waals surface area contributed by atoms with Gasteiger partial charge in [-0.05, 0) is 18.6 Å². The minimum absolute atomic E-state index is 0.403. The fraction of sp³-hybridized carbons (Fsp3) is 0.250. The van der Waals surface area contributed by atoms with Crippen molar-refractivity contribution < 1.29 is 4.79 Å². The van der Waals surface area contributed by atoms with Crippen molar-refractivity contribution in [1.29, 1.82) is 0 Å². The average molecular weight is 262 g/mol. The number of hydrogen-bond donors (Lipinski definition) is 2. The van der Waals surface area contributed by atoms with E-state index in [0.717, 1.165) is 29.3 Å². The Hall–Kier alpha value is -1.95. The van der Waals surface area contributed by atoms with Gasteiger partial charge in [0.25, 0.3) is 0 Å². The highest BCUT2D eigenvalue weighted by atomic mass is 32.1. The Kier molecular flexibility index (Phi) is 3.88. The van der Waals surface area contributed by atoms with Crippen LogP contribution >= 0.6 is 11.3 Å². The number of carbonyl (C=O) groups excluding carboxylic acids is 1. The summed E-state index contributed by atoms with van der Waals surface area (Å²) in [5.74, 6) is 0.403. The lowest BCUT2D eigenvalue weighted by molar-refractivity contribution is 0.112. The van der Waals surface area contributed by atoms with E-state index in [1.54, 1.807) is 18.3 Å². The van der Waals surface area contributed by atoms with Crippen LogP contribution in [0, 0.1) is 0 Å². The standard InChI is InChI=1S/C12H14N4OS/c1-2-5-15-12-16-11(13)10(18-12)9-8(7-17)4-3-6-14-9/h3-4,6-7H,2,5,13H2,1H3,(H,15,16). The Morgan fingerprint density at radius 1 is 1.56 bits per heavy atom. The SMILES string of the molecule is CCCNc1nc(N)c(-c2ncccc2C=O)s1. The van der Waals surface area contributed by atoms with Crippen molar-refractivity contribution in [3.05, 3.63) is 23.9 Å². The van der Waals surface area contributed by atoms with E-state index >= 15 is 0 Å². The third-order valence-corrected chi connectivity index (χ3v) is 3.40. The number of carbonyl (C=O) groups is 1. The van der Waals surface area contributed by atoms with E-state index in [4.69, 9.17) is 5.73 Å². The van der Waals surface area contributed by atoms with Crippen molar-refractivity contribution in [1.82, 2.24) is 9.97 Å². The van der Waals surface area contributed by atoms with Crippen molar-refractivity contribution in [2.45, 2.75) is 13.3 Å². The molecule has 2 aromatic rings. The molecule has 2 rings (SSSR count). The zero-order valence-corrected chi connectivity index (χ0v) is 10.8. The normalized spacial score (nSPS) is 10.3. The van der Waals surface area contributed by atoms with Crippen molar-refractivity contribution in [3.63, 3.8) is 0 Å². The number of pyridine rings is 1. The van der Waals surface area contributed by atoms with Crippen molar-refractivity contribution in [2.24, 2.45) is 0 Å². The van der Waals surface area contributed by atoms with Crippen molar-refractivity contribution in [3.8, 4) is 10.6 Å². The van der Waals surface area contributed by atoms with Gasteiger partial charge in [-0.2, -0.15) is 0 Å². The molecule has 0 radical (unpaired) electrons. The molecule has 0 unspecified atom stereocenters. The summed E-state index contributed by atoms with van der Waals surface area (Å²) in [5.41, 5.74) is 6.99. The van der Waals surface area contributed by atoms with Gasteiger partial charge in [-0.3, -0.25) is 9.78 Å². The molecule has 0 saturated heterocycles. The molecule has 0 spiro atoms. The van der Waals surface area contributed by atoms with Crippen molar-refractivity contribution in [2.75, 3.05) is 17.6 Å². The third kappa shape index (κ3) is 2.48. The molecule has 0 aromatic carbocycles. The topological polar surface area (TPSA) is 80.9 Å². The van der Waals surface area contributed by atoms with E-state index in [-0.39, 0.29) is 0 Å². The highest BCUT2D eigenvalue weighted by Crippen LogP contribution is 2.34. The van der Waals surface area contributed by atoms with Crippen LogP contribution < -0.4 is 11.1 Å². The highest BCUT2D eigenvalue weighted by molar-refractivity contribution is 7.19. The van der Waals surface area contributed by atoms with Crippen LogP contribution in [0.5, 0.6) is 0 Å². The van der Waals surface area contributed by atoms with Crippen LogP contribution in [0.2, 0.25) is 0 Å². The zero-order chi connectivity index (χ0) is 13.0. The van der Waals surface area contributed by atoms with Crippen LogP contribution in [0.3, 0.4) is 0 Å². The zero-order valence-electron chi connectivity index (χ0n) is 10.0. The molecule has 0 aliphatic rings. The molecule has 0 aliphatic carbocycles. The number of aldehydes is 1. The number of nitrogens with zero attached hydrogens (tertiary/aromatic N) is 2. The van der Waals surface area contributed by atoms with E-state index in [0.29, 0.717) is 17.1 Å². The summed E-state index contributed by atoms with van der Waals surface area (Å²) in [6.07, 6.45) is 3.43. The highest BCUT2D eigenvalue weighted by Gasteiger charge is 2.14. The lowest BCUT2D eigenvalue weighted by Gasteiger charge is -2.00. The summed E-state index contributed by atoms with van der Waals surface area (Å²) in [4.78, 5) is 20.1. The average Bonchev–Trinajstić information content (AvgIpc) is 2.77. The predicted molar refractivity (Wildman–Crippen MR) is 73.9 cm³/mol. The first kappa shape index (κ1) is 12.5. The molecule has 0 amide bonds. The maximum absolute atomic E-state index is 11.0. The number of thiazole rings is 1. The van der Waals surface area contributed by atoms with E-state index in [1.165, 1.54) is 11.3 Å². The minimum Gasteiger partial charge on any atom is -0.382 e. The molecular formula is C12H14N4OS. The van der Waals surface area contributed by atoms with E-state index in [9.17, 15) is 4.79 Å². The van der Waals surface area contributed by atoms with Gasteiger partial charge < -0.3 is 11.1 Å². The summed E-state index contributed by atoms with van der Waals surface area (Å²) < 4.78 is 0. The number of aromatic nitrogens is 2. The number of anilines is 2. The summed E-state index contributed by atoms with van der Waals surface area (Å²) in [7, 11) is 0. The first-order valence-corrected chi connectivity index (χ1v) is 6.48. The molecular weight excluding hydrogens is 248 g/mol. The summed E-state index contributed by atoms with van der Waals surface area (Å²) in [6.45, 7) is 2.92. The number of nitrogens with one attached hydrogen (secondary N) is 1. The van der Waals surface area contributed by atoms with Crippen LogP contribution in [0.4, 0.5) is 10.9 Å². The Bertz CT molecular complexity index is 553. The van der Waals surface area contributed by atoms with Gasteiger partial charge in [-0.1, -0.05) is 18.3 Å². The molecule has 0 bridgehead atoms. The first-order valence-electron chi connectivity index (χ1n) is 5.67. The lowest BCUT2D eigenvalue weighted by atomic mass is 10.2. The van der Waals surface area contributed by atoms with Gasteiger partial charge in [0, 0.05) is 18.3 Å². The molecule has 2 heterocycles. The van der Waals surface area contributed by atoms with Gasteiger partial charge in [-0.15, -0.1) is 0 Å². The van der Waals surface area contributed by atoms with Gasteiger partial charge >= 0.3 is 0 Å². The molecule has 18 heavy (non-hydrogen) atoms. The first-order chi connectivity index (χ1) is 8.76. The smallest absolute Gasteiger partial charge is 0.185 e. The summed E-state index contributed by atoms with van der Waals surface area (Å²) in [5, 5.41) is 3.93. The monoisotopic (exact) mass is 262 g/mol. The molecule has 5 nitrogen and oxygen atoms in total. The van der Waals surface area contributed by atoms with Crippen molar-refractivity contribution >= 4 is 28.6 Å². The number of nitrogen functional groups attached to an aromatic ring is 1. The molecule has 2 aromatic heterocycles. The van der Waals surface area contributed by atoms with Crippen LogP contribution in [0.15, 0.2) is 18.3 Å². The molecule has 0 fully saturated rings. The van der Waals surface area contributed by atoms with Gasteiger partial charge in [0.2, 0.25) is 0 Å². The Morgan fingerprint density at radius 3 is 3.11 bits per heavy atom.